The van der Waals surface area contributed by atoms with Gasteiger partial charge in [0.15, 0.2) is 0 Å². The maximum atomic E-state index is 13.7. The lowest BCUT2D eigenvalue weighted by atomic mass is 9.92. The number of carbonyl (C=O) groups is 2. The normalized spacial score (nSPS) is 20.6. The molecule has 0 unspecified atom stereocenters. The standard InChI is InChI=1S/C16H14FN3O2S/c1-9-13(15(21)19-11-6-3-2-5-10(11)17)14(20-16(22)18-9)12-7-4-8-23-12/h2-8,13-14H,1H2,(H,19,21)(H2,18,20,22)/t13-,14+/m0/s1. The van der Waals surface area contributed by atoms with E-state index in [1.807, 2.05) is 17.5 Å². The van der Waals surface area contributed by atoms with Gasteiger partial charge in [-0.05, 0) is 23.6 Å². The van der Waals surface area contributed by atoms with E-state index >= 15 is 0 Å². The molecular formula is C16H14FN3O2S. The molecule has 0 spiro atoms. The molecule has 2 atom stereocenters. The number of thiophene rings is 1. The fourth-order valence-corrected chi connectivity index (χ4v) is 3.28. The van der Waals surface area contributed by atoms with Gasteiger partial charge >= 0.3 is 6.03 Å². The molecule has 2 heterocycles. The lowest BCUT2D eigenvalue weighted by Gasteiger charge is -2.33. The van der Waals surface area contributed by atoms with Crippen LogP contribution in [-0.4, -0.2) is 11.9 Å². The quantitative estimate of drug-likeness (QED) is 0.809. The largest absolute Gasteiger partial charge is 0.329 e. The first-order chi connectivity index (χ1) is 11.1. The van der Waals surface area contributed by atoms with Crippen LogP contribution in [0.3, 0.4) is 0 Å². The summed E-state index contributed by atoms with van der Waals surface area (Å²) < 4.78 is 13.7. The molecule has 118 valence electrons. The highest BCUT2D eigenvalue weighted by atomic mass is 32.1. The Morgan fingerprint density at radius 1 is 1.26 bits per heavy atom. The average molecular weight is 331 g/mol. The Morgan fingerprint density at radius 2 is 2.04 bits per heavy atom. The van der Waals surface area contributed by atoms with Crippen LogP contribution in [0.5, 0.6) is 0 Å². The summed E-state index contributed by atoms with van der Waals surface area (Å²) in [6.45, 7) is 3.77. The zero-order valence-electron chi connectivity index (χ0n) is 12.0. The molecule has 0 radical (unpaired) electrons. The van der Waals surface area contributed by atoms with E-state index in [1.54, 1.807) is 12.1 Å². The topological polar surface area (TPSA) is 70.2 Å². The van der Waals surface area contributed by atoms with Crippen molar-refractivity contribution in [2.45, 2.75) is 6.04 Å². The molecule has 1 saturated heterocycles. The van der Waals surface area contributed by atoms with Crippen LogP contribution in [0.4, 0.5) is 14.9 Å². The number of benzene rings is 1. The lowest BCUT2D eigenvalue weighted by molar-refractivity contribution is -0.119. The Balaban J connectivity index is 1.88. The number of hydrogen-bond acceptors (Lipinski definition) is 3. The molecule has 0 saturated carbocycles. The Labute approximate surface area is 136 Å². The summed E-state index contributed by atoms with van der Waals surface area (Å²) in [5.41, 5.74) is 0.369. The third kappa shape index (κ3) is 3.09. The number of anilines is 1. The van der Waals surface area contributed by atoms with Gasteiger partial charge in [0.25, 0.3) is 0 Å². The summed E-state index contributed by atoms with van der Waals surface area (Å²) in [4.78, 5) is 25.1. The SMILES string of the molecule is C=C1NC(=O)N[C@H](c2cccs2)[C@H]1C(=O)Nc1ccccc1F. The average Bonchev–Trinajstić information content (AvgIpc) is 3.03. The van der Waals surface area contributed by atoms with Crippen molar-refractivity contribution in [3.05, 3.63) is 64.7 Å². The Morgan fingerprint density at radius 3 is 2.74 bits per heavy atom. The summed E-state index contributed by atoms with van der Waals surface area (Å²) in [5.74, 6) is -1.70. The van der Waals surface area contributed by atoms with E-state index in [4.69, 9.17) is 0 Å². The molecule has 2 aromatic rings. The van der Waals surface area contributed by atoms with E-state index < -0.39 is 29.7 Å². The number of nitrogens with one attached hydrogen (secondary N) is 3. The van der Waals surface area contributed by atoms with Crippen molar-refractivity contribution < 1.29 is 14.0 Å². The second-order valence-electron chi connectivity index (χ2n) is 5.06. The maximum Gasteiger partial charge on any atom is 0.319 e. The third-order valence-corrected chi connectivity index (χ3v) is 4.49. The Bertz CT molecular complexity index is 760. The zero-order chi connectivity index (χ0) is 16.4. The van der Waals surface area contributed by atoms with Crippen LogP contribution in [0.2, 0.25) is 0 Å². The second-order valence-corrected chi connectivity index (χ2v) is 6.04. The molecular weight excluding hydrogens is 317 g/mol. The molecule has 3 amide bonds. The minimum absolute atomic E-state index is 0.0899. The number of para-hydroxylation sites is 1. The Kier molecular flexibility index (Phi) is 4.12. The highest BCUT2D eigenvalue weighted by Gasteiger charge is 2.38. The van der Waals surface area contributed by atoms with Crippen molar-refractivity contribution >= 4 is 29.0 Å². The van der Waals surface area contributed by atoms with Crippen LogP contribution >= 0.6 is 11.3 Å². The molecule has 3 N–H and O–H groups in total. The second kappa shape index (κ2) is 6.21. The van der Waals surface area contributed by atoms with E-state index in [-0.39, 0.29) is 11.4 Å². The lowest BCUT2D eigenvalue weighted by Crippen LogP contribution is -2.51. The molecule has 1 aliphatic heterocycles. The summed E-state index contributed by atoms with van der Waals surface area (Å²) in [7, 11) is 0. The van der Waals surface area contributed by atoms with Gasteiger partial charge in [-0.3, -0.25) is 4.79 Å². The van der Waals surface area contributed by atoms with Crippen molar-refractivity contribution in [1.29, 1.82) is 0 Å². The molecule has 7 heteroatoms. The molecule has 0 bridgehead atoms. The van der Waals surface area contributed by atoms with E-state index in [2.05, 4.69) is 22.5 Å². The van der Waals surface area contributed by atoms with Gasteiger partial charge in [-0.25, -0.2) is 9.18 Å². The monoisotopic (exact) mass is 331 g/mol. The molecule has 3 rings (SSSR count). The Hall–Kier alpha value is -2.67. The van der Waals surface area contributed by atoms with Crippen LogP contribution in [-0.2, 0) is 4.79 Å². The van der Waals surface area contributed by atoms with Crippen LogP contribution in [0.1, 0.15) is 10.9 Å². The molecule has 1 aromatic carbocycles. The van der Waals surface area contributed by atoms with Crippen LogP contribution < -0.4 is 16.0 Å². The molecule has 23 heavy (non-hydrogen) atoms. The van der Waals surface area contributed by atoms with Crippen LogP contribution in [0, 0.1) is 11.7 Å². The van der Waals surface area contributed by atoms with Gasteiger partial charge in [0.05, 0.1) is 11.7 Å². The molecule has 1 aliphatic rings. The first kappa shape index (κ1) is 15.2. The predicted molar refractivity (Wildman–Crippen MR) is 86.4 cm³/mol. The number of carbonyl (C=O) groups excluding carboxylic acids is 2. The van der Waals surface area contributed by atoms with Crippen molar-refractivity contribution in [3.8, 4) is 0 Å². The third-order valence-electron chi connectivity index (χ3n) is 3.53. The number of amides is 3. The first-order valence-electron chi connectivity index (χ1n) is 6.91. The van der Waals surface area contributed by atoms with Crippen molar-refractivity contribution in [2.24, 2.45) is 5.92 Å². The van der Waals surface area contributed by atoms with Gasteiger partial charge in [0.1, 0.15) is 11.7 Å². The summed E-state index contributed by atoms with van der Waals surface area (Å²) in [6.07, 6.45) is 0. The van der Waals surface area contributed by atoms with Crippen molar-refractivity contribution in [1.82, 2.24) is 10.6 Å². The molecule has 0 aliphatic carbocycles. The molecule has 5 nitrogen and oxygen atoms in total. The zero-order valence-corrected chi connectivity index (χ0v) is 12.8. The molecule has 1 aromatic heterocycles. The van der Waals surface area contributed by atoms with Crippen LogP contribution in [0.15, 0.2) is 54.1 Å². The summed E-state index contributed by atoms with van der Waals surface area (Å²) >= 11 is 1.43. The predicted octanol–water partition coefficient (Wildman–Crippen LogP) is 3.01. The van der Waals surface area contributed by atoms with Gasteiger partial charge in [-0.2, -0.15) is 0 Å². The van der Waals surface area contributed by atoms with E-state index in [0.717, 1.165) is 4.88 Å². The van der Waals surface area contributed by atoms with Crippen LogP contribution in [0.25, 0.3) is 0 Å². The van der Waals surface area contributed by atoms with E-state index in [1.165, 1.54) is 23.5 Å². The maximum absolute atomic E-state index is 13.7. The van der Waals surface area contributed by atoms with E-state index in [0.29, 0.717) is 0 Å². The van der Waals surface area contributed by atoms with Gasteiger partial charge in [0, 0.05) is 10.6 Å². The van der Waals surface area contributed by atoms with Crippen molar-refractivity contribution in [2.75, 3.05) is 5.32 Å². The van der Waals surface area contributed by atoms with E-state index in [9.17, 15) is 14.0 Å². The summed E-state index contributed by atoms with van der Waals surface area (Å²) in [5, 5.41) is 9.65. The molecule has 1 fully saturated rings. The number of rotatable bonds is 3. The minimum atomic E-state index is -0.744. The number of hydrogen-bond donors (Lipinski definition) is 3. The highest BCUT2D eigenvalue weighted by molar-refractivity contribution is 7.10. The van der Waals surface area contributed by atoms with Gasteiger partial charge in [-0.15, -0.1) is 11.3 Å². The minimum Gasteiger partial charge on any atom is -0.329 e. The fraction of sp³-hybridized carbons (Fsp3) is 0.125. The van der Waals surface area contributed by atoms with Crippen molar-refractivity contribution in [3.63, 3.8) is 0 Å². The van der Waals surface area contributed by atoms with Gasteiger partial charge in [-0.1, -0.05) is 24.8 Å². The smallest absolute Gasteiger partial charge is 0.319 e. The fourth-order valence-electron chi connectivity index (χ4n) is 2.47. The summed E-state index contributed by atoms with van der Waals surface area (Å²) in [6, 6.07) is 8.63. The number of halogens is 1. The van der Waals surface area contributed by atoms with Gasteiger partial charge in [0.2, 0.25) is 5.91 Å². The highest BCUT2D eigenvalue weighted by Crippen LogP contribution is 2.33. The first-order valence-corrected chi connectivity index (χ1v) is 7.79. The number of urea groups is 1. The van der Waals surface area contributed by atoms with Gasteiger partial charge < -0.3 is 16.0 Å².